The number of carboxylic acid groups (broad SMARTS) is 1. The predicted octanol–water partition coefficient (Wildman–Crippen LogP) is 3.19. The number of carbonyl (C=O) groups is 2. The highest BCUT2D eigenvalue weighted by molar-refractivity contribution is 9.10. The number of fused-ring (bicyclic) bond motifs is 1. The third kappa shape index (κ3) is 2.16. The van der Waals surface area contributed by atoms with Gasteiger partial charge in [-0.3, -0.25) is 9.59 Å². The van der Waals surface area contributed by atoms with Crippen molar-refractivity contribution in [3.8, 4) is 0 Å². The molecule has 2 aliphatic carbocycles. The van der Waals surface area contributed by atoms with Gasteiger partial charge < -0.3 is 10.0 Å². The predicted molar refractivity (Wildman–Crippen MR) is 89.0 cm³/mol. The Morgan fingerprint density at radius 2 is 1.87 bits per heavy atom. The normalized spacial score (nSPS) is 31.0. The molecule has 0 spiro atoms. The summed E-state index contributed by atoms with van der Waals surface area (Å²) in [6.45, 7) is 1.01. The Morgan fingerprint density at radius 1 is 1.17 bits per heavy atom. The summed E-state index contributed by atoms with van der Waals surface area (Å²) < 4.78 is 1.00. The Morgan fingerprint density at radius 3 is 2.43 bits per heavy atom. The third-order valence-electron chi connectivity index (χ3n) is 6.14. The number of nitrogens with zero attached hydrogens (tertiary/aromatic N) is 1. The number of rotatable bonds is 3. The SMILES string of the molecule is O=C(N1C[C@@H]2CCC[C@@]2(C(=O)O)C1)C1(c2ccc(Br)cc2)CC1. The first-order valence-corrected chi connectivity index (χ1v) is 9.06. The second-order valence-electron chi connectivity index (χ2n) is 7.33. The van der Waals surface area contributed by atoms with Crippen LogP contribution in [-0.4, -0.2) is 35.0 Å². The van der Waals surface area contributed by atoms with Gasteiger partial charge in [-0.25, -0.2) is 0 Å². The largest absolute Gasteiger partial charge is 0.481 e. The maximum absolute atomic E-state index is 13.1. The summed E-state index contributed by atoms with van der Waals surface area (Å²) >= 11 is 3.43. The summed E-state index contributed by atoms with van der Waals surface area (Å²) in [5, 5.41) is 9.70. The van der Waals surface area contributed by atoms with Crippen molar-refractivity contribution in [2.24, 2.45) is 11.3 Å². The maximum atomic E-state index is 13.1. The molecule has 0 radical (unpaired) electrons. The van der Waals surface area contributed by atoms with Crippen LogP contribution in [0.15, 0.2) is 28.7 Å². The summed E-state index contributed by atoms with van der Waals surface area (Å²) in [5.74, 6) is -0.455. The topological polar surface area (TPSA) is 57.6 Å². The summed E-state index contributed by atoms with van der Waals surface area (Å²) in [6, 6.07) is 7.97. The van der Waals surface area contributed by atoms with Crippen LogP contribution in [0.1, 0.15) is 37.7 Å². The molecule has 3 aliphatic rings. The second-order valence-corrected chi connectivity index (χ2v) is 8.24. The van der Waals surface area contributed by atoms with E-state index in [2.05, 4.69) is 15.9 Å². The fraction of sp³-hybridized carbons (Fsp3) is 0.556. The molecule has 2 saturated carbocycles. The monoisotopic (exact) mass is 377 g/mol. The number of hydrogen-bond acceptors (Lipinski definition) is 2. The molecule has 1 aromatic rings. The molecule has 1 saturated heterocycles. The van der Waals surface area contributed by atoms with E-state index >= 15 is 0 Å². The van der Waals surface area contributed by atoms with Crippen LogP contribution < -0.4 is 0 Å². The summed E-state index contributed by atoms with van der Waals surface area (Å²) in [7, 11) is 0. The van der Waals surface area contributed by atoms with E-state index < -0.39 is 16.8 Å². The number of hydrogen-bond donors (Lipinski definition) is 1. The molecule has 5 heteroatoms. The zero-order valence-corrected chi connectivity index (χ0v) is 14.5. The van der Waals surface area contributed by atoms with E-state index in [9.17, 15) is 14.7 Å². The standard InChI is InChI=1S/C18H20BrNO3/c19-14-5-3-12(4-6-14)17(8-9-17)15(21)20-10-13-2-1-7-18(13,11-20)16(22)23/h3-6,13H,1-2,7-11H2,(H,22,23)/t13-,18+/m0/s1. The van der Waals surface area contributed by atoms with E-state index in [4.69, 9.17) is 0 Å². The molecule has 4 nitrogen and oxygen atoms in total. The van der Waals surface area contributed by atoms with Gasteiger partial charge in [0.1, 0.15) is 0 Å². The number of benzene rings is 1. The van der Waals surface area contributed by atoms with Gasteiger partial charge in [0.05, 0.1) is 10.8 Å². The Balaban J connectivity index is 1.59. The van der Waals surface area contributed by atoms with E-state index in [1.54, 1.807) is 0 Å². The molecule has 122 valence electrons. The molecule has 4 rings (SSSR count). The lowest BCUT2D eigenvalue weighted by Gasteiger charge is -2.26. The summed E-state index contributed by atoms with van der Waals surface area (Å²) in [6.07, 6.45) is 4.35. The minimum atomic E-state index is -0.719. The highest BCUT2D eigenvalue weighted by Crippen LogP contribution is 2.54. The molecule has 0 aromatic heterocycles. The molecular weight excluding hydrogens is 358 g/mol. The molecular formula is C18H20BrNO3. The molecule has 1 N–H and O–H groups in total. The van der Waals surface area contributed by atoms with Crippen LogP contribution in [0.5, 0.6) is 0 Å². The molecule has 0 bridgehead atoms. The van der Waals surface area contributed by atoms with Crippen LogP contribution in [0.2, 0.25) is 0 Å². The Hall–Kier alpha value is -1.36. The quantitative estimate of drug-likeness (QED) is 0.879. The zero-order chi connectivity index (χ0) is 16.2. The molecule has 23 heavy (non-hydrogen) atoms. The zero-order valence-electron chi connectivity index (χ0n) is 12.9. The third-order valence-corrected chi connectivity index (χ3v) is 6.67. The fourth-order valence-electron chi connectivity index (χ4n) is 4.62. The van der Waals surface area contributed by atoms with Gasteiger partial charge in [-0.1, -0.05) is 34.5 Å². The number of likely N-dealkylation sites (tertiary alicyclic amines) is 1. The minimum Gasteiger partial charge on any atom is -0.481 e. The van der Waals surface area contributed by atoms with E-state index in [1.807, 2.05) is 29.2 Å². The molecule has 2 atom stereocenters. The fourth-order valence-corrected chi connectivity index (χ4v) is 4.88. The lowest BCUT2D eigenvalue weighted by molar-refractivity contribution is -0.149. The van der Waals surface area contributed by atoms with Crippen molar-refractivity contribution in [1.82, 2.24) is 4.90 Å². The molecule has 1 heterocycles. The first kappa shape index (κ1) is 15.2. The molecule has 1 amide bonds. The second kappa shape index (κ2) is 5.07. The summed E-state index contributed by atoms with van der Waals surface area (Å²) in [4.78, 5) is 26.8. The van der Waals surface area contributed by atoms with E-state index in [-0.39, 0.29) is 11.8 Å². The average molecular weight is 378 g/mol. The highest BCUT2D eigenvalue weighted by Gasteiger charge is 2.60. The van der Waals surface area contributed by atoms with Crippen LogP contribution in [0.4, 0.5) is 0 Å². The Labute approximate surface area is 144 Å². The maximum Gasteiger partial charge on any atom is 0.311 e. The highest BCUT2D eigenvalue weighted by atomic mass is 79.9. The van der Waals surface area contributed by atoms with Crippen molar-refractivity contribution < 1.29 is 14.7 Å². The van der Waals surface area contributed by atoms with Gasteiger partial charge in [0.25, 0.3) is 0 Å². The van der Waals surface area contributed by atoms with Crippen LogP contribution >= 0.6 is 15.9 Å². The lowest BCUT2D eigenvalue weighted by atomic mass is 9.81. The van der Waals surface area contributed by atoms with Gasteiger partial charge in [-0.05, 0) is 49.3 Å². The van der Waals surface area contributed by atoms with Crippen molar-refractivity contribution in [2.75, 3.05) is 13.1 Å². The van der Waals surface area contributed by atoms with Gasteiger partial charge in [0.15, 0.2) is 0 Å². The number of halogens is 1. The summed E-state index contributed by atoms with van der Waals surface area (Å²) in [5.41, 5.74) is -0.0306. The molecule has 0 unspecified atom stereocenters. The Bertz CT molecular complexity index is 667. The van der Waals surface area contributed by atoms with Crippen LogP contribution in [-0.2, 0) is 15.0 Å². The number of amides is 1. The van der Waals surface area contributed by atoms with E-state index in [1.165, 1.54) is 0 Å². The van der Waals surface area contributed by atoms with Crippen LogP contribution in [0.3, 0.4) is 0 Å². The molecule has 1 aliphatic heterocycles. The van der Waals surface area contributed by atoms with Crippen LogP contribution in [0.25, 0.3) is 0 Å². The smallest absolute Gasteiger partial charge is 0.311 e. The van der Waals surface area contributed by atoms with Gasteiger partial charge in [-0.2, -0.15) is 0 Å². The van der Waals surface area contributed by atoms with Crippen LogP contribution in [0, 0.1) is 11.3 Å². The van der Waals surface area contributed by atoms with Crippen molar-refractivity contribution in [3.63, 3.8) is 0 Å². The number of carbonyl (C=O) groups excluding carboxylic acids is 1. The van der Waals surface area contributed by atoms with Gasteiger partial charge in [0, 0.05) is 17.6 Å². The Kier molecular flexibility index (Phi) is 3.34. The van der Waals surface area contributed by atoms with Crippen molar-refractivity contribution >= 4 is 27.8 Å². The lowest BCUT2D eigenvalue weighted by Crippen LogP contribution is -2.41. The number of carboxylic acids is 1. The average Bonchev–Trinajstić information content (AvgIpc) is 3.09. The first-order valence-electron chi connectivity index (χ1n) is 8.27. The van der Waals surface area contributed by atoms with Crippen molar-refractivity contribution in [3.05, 3.63) is 34.3 Å². The molecule has 3 fully saturated rings. The minimum absolute atomic E-state index is 0.129. The van der Waals surface area contributed by atoms with Gasteiger partial charge >= 0.3 is 5.97 Å². The van der Waals surface area contributed by atoms with E-state index in [0.29, 0.717) is 19.5 Å². The van der Waals surface area contributed by atoms with Gasteiger partial charge in [0.2, 0.25) is 5.91 Å². The number of aliphatic carboxylic acids is 1. The molecule has 1 aromatic carbocycles. The van der Waals surface area contributed by atoms with Gasteiger partial charge in [-0.15, -0.1) is 0 Å². The van der Waals surface area contributed by atoms with E-state index in [0.717, 1.165) is 35.7 Å². The van der Waals surface area contributed by atoms with Crippen molar-refractivity contribution in [1.29, 1.82) is 0 Å². The van der Waals surface area contributed by atoms with Crippen molar-refractivity contribution in [2.45, 2.75) is 37.5 Å². The first-order chi connectivity index (χ1) is 11.0.